The smallest absolute Gasteiger partial charge is 0.232 e. The van der Waals surface area contributed by atoms with Crippen LogP contribution in [0, 0.1) is 12.8 Å². The molecule has 1 aliphatic rings. The minimum Gasteiger partial charge on any atom is -0.326 e. The van der Waals surface area contributed by atoms with Crippen LogP contribution in [0.5, 0.6) is 0 Å². The molecule has 2 amide bonds. The third-order valence-electron chi connectivity index (χ3n) is 3.34. The molecule has 0 bridgehead atoms. The van der Waals surface area contributed by atoms with Crippen molar-refractivity contribution >= 4 is 35.1 Å². The summed E-state index contributed by atoms with van der Waals surface area (Å²) in [7, 11) is 0. The topological polar surface area (TPSA) is 88.9 Å². The number of hydrogen-bond acceptors (Lipinski definition) is 4. The largest absolute Gasteiger partial charge is 0.326 e. The van der Waals surface area contributed by atoms with Gasteiger partial charge in [0.15, 0.2) is 0 Å². The first-order valence-corrected chi connectivity index (χ1v) is 7.17. The molecule has 0 saturated carbocycles. The van der Waals surface area contributed by atoms with Crippen molar-refractivity contribution in [3.8, 4) is 0 Å². The first-order valence-electron chi connectivity index (χ1n) is 6.79. The first kappa shape index (κ1) is 14.5. The number of fused-ring (bicyclic) bond motifs is 1. The molecule has 0 fully saturated rings. The third kappa shape index (κ3) is 3.09. The van der Waals surface area contributed by atoms with E-state index in [1.807, 2.05) is 0 Å². The summed E-state index contributed by atoms with van der Waals surface area (Å²) >= 11 is 5.79. The fourth-order valence-corrected chi connectivity index (χ4v) is 2.43. The van der Waals surface area contributed by atoms with Gasteiger partial charge in [-0.15, -0.1) is 0 Å². The normalized spacial score (nSPS) is 16.8. The average Bonchev–Trinajstić information content (AvgIpc) is 2.81. The SMILES string of the molecule is Cc1nc2n(n1)CC(CC(=O)Nc1ccc(Cl)cc1)C(=O)N2. The van der Waals surface area contributed by atoms with Gasteiger partial charge in [-0.05, 0) is 31.2 Å². The molecule has 2 aromatic rings. The number of halogens is 1. The van der Waals surface area contributed by atoms with Crippen LogP contribution in [0.4, 0.5) is 11.6 Å². The lowest BCUT2D eigenvalue weighted by Crippen LogP contribution is -2.36. The van der Waals surface area contributed by atoms with Gasteiger partial charge in [-0.1, -0.05) is 11.6 Å². The zero-order chi connectivity index (χ0) is 15.7. The molecule has 8 heteroatoms. The van der Waals surface area contributed by atoms with Gasteiger partial charge >= 0.3 is 0 Å². The molecule has 1 aromatic carbocycles. The Labute approximate surface area is 131 Å². The van der Waals surface area contributed by atoms with E-state index in [-0.39, 0.29) is 18.2 Å². The molecule has 114 valence electrons. The van der Waals surface area contributed by atoms with Crippen molar-refractivity contribution in [3.63, 3.8) is 0 Å². The van der Waals surface area contributed by atoms with Gasteiger partial charge in [0.05, 0.1) is 12.5 Å². The van der Waals surface area contributed by atoms with Crippen LogP contribution in [0.2, 0.25) is 5.02 Å². The summed E-state index contributed by atoms with van der Waals surface area (Å²) in [4.78, 5) is 28.2. The van der Waals surface area contributed by atoms with E-state index in [9.17, 15) is 9.59 Å². The number of rotatable bonds is 3. The summed E-state index contributed by atoms with van der Waals surface area (Å²) in [5, 5.41) is 10.2. The quantitative estimate of drug-likeness (QED) is 0.903. The van der Waals surface area contributed by atoms with Crippen molar-refractivity contribution in [1.82, 2.24) is 14.8 Å². The highest BCUT2D eigenvalue weighted by molar-refractivity contribution is 6.30. The third-order valence-corrected chi connectivity index (χ3v) is 3.59. The lowest BCUT2D eigenvalue weighted by Gasteiger charge is -2.21. The number of nitrogens with one attached hydrogen (secondary N) is 2. The number of aryl methyl sites for hydroxylation is 1. The maximum atomic E-state index is 12.1. The Morgan fingerprint density at radius 2 is 2.18 bits per heavy atom. The standard InChI is InChI=1S/C14H14ClN5O2/c1-8-16-14-18-13(22)9(7-20(14)19-8)6-12(21)17-11-4-2-10(15)3-5-11/h2-5,9H,6-7H2,1H3,(H,17,21)(H,16,18,19,22). The van der Waals surface area contributed by atoms with Crippen molar-refractivity contribution in [2.24, 2.45) is 5.92 Å². The average molecular weight is 320 g/mol. The predicted octanol–water partition coefficient (Wildman–Crippen LogP) is 1.84. The van der Waals surface area contributed by atoms with E-state index in [1.165, 1.54) is 0 Å². The van der Waals surface area contributed by atoms with Crippen molar-refractivity contribution in [1.29, 1.82) is 0 Å². The Hall–Kier alpha value is -2.41. The molecule has 3 rings (SSSR count). The molecule has 1 aromatic heterocycles. The van der Waals surface area contributed by atoms with E-state index in [1.54, 1.807) is 35.9 Å². The molecule has 0 radical (unpaired) electrons. The summed E-state index contributed by atoms with van der Waals surface area (Å²) in [6.07, 6.45) is 0.0762. The van der Waals surface area contributed by atoms with Crippen LogP contribution >= 0.6 is 11.6 Å². The van der Waals surface area contributed by atoms with E-state index in [0.29, 0.717) is 29.0 Å². The van der Waals surface area contributed by atoms with Crippen molar-refractivity contribution in [2.45, 2.75) is 19.9 Å². The number of carbonyl (C=O) groups is 2. The van der Waals surface area contributed by atoms with E-state index in [4.69, 9.17) is 11.6 Å². The van der Waals surface area contributed by atoms with E-state index >= 15 is 0 Å². The van der Waals surface area contributed by atoms with Crippen molar-refractivity contribution < 1.29 is 9.59 Å². The van der Waals surface area contributed by atoms with Gasteiger partial charge in [-0.3, -0.25) is 14.9 Å². The van der Waals surface area contributed by atoms with Crippen LogP contribution in [0.3, 0.4) is 0 Å². The Bertz CT molecular complexity index is 725. The Morgan fingerprint density at radius 3 is 2.91 bits per heavy atom. The zero-order valence-corrected chi connectivity index (χ0v) is 12.6. The number of amides is 2. The van der Waals surface area contributed by atoms with Crippen LogP contribution in [-0.2, 0) is 16.1 Å². The molecule has 0 spiro atoms. The molecular formula is C14H14ClN5O2. The molecule has 0 aliphatic carbocycles. The second kappa shape index (κ2) is 5.76. The molecule has 1 aliphatic heterocycles. The highest BCUT2D eigenvalue weighted by atomic mass is 35.5. The van der Waals surface area contributed by atoms with Crippen molar-refractivity contribution in [2.75, 3.05) is 10.6 Å². The van der Waals surface area contributed by atoms with Gasteiger partial charge in [-0.25, -0.2) is 4.68 Å². The van der Waals surface area contributed by atoms with Gasteiger partial charge in [-0.2, -0.15) is 10.1 Å². The minimum absolute atomic E-state index is 0.0762. The lowest BCUT2D eigenvalue weighted by molar-refractivity contribution is -0.125. The maximum absolute atomic E-state index is 12.1. The van der Waals surface area contributed by atoms with Crippen LogP contribution in [-0.4, -0.2) is 26.6 Å². The molecule has 1 unspecified atom stereocenters. The Kier molecular flexibility index (Phi) is 3.81. The van der Waals surface area contributed by atoms with Gasteiger partial charge < -0.3 is 5.32 Å². The van der Waals surface area contributed by atoms with Crippen LogP contribution in [0.1, 0.15) is 12.2 Å². The molecule has 0 saturated heterocycles. The minimum atomic E-state index is -0.471. The highest BCUT2D eigenvalue weighted by Gasteiger charge is 2.29. The summed E-state index contributed by atoms with van der Waals surface area (Å²) in [5.41, 5.74) is 0.642. The molecule has 7 nitrogen and oxygen atoms in total. The van der Waals surface area contributed by atoms with Gasteiger partial charge in [0.2, 0.25) is 17.8 Å². The summed E-state index contributed by atoms with van der Waals surface area (Å²) in [6, 6.07) is 6.80. The molecule has 2 N–H and O–H groups in total. The zero-order valence-electron chi connectivity index (χ0n) is 11.8. The molecule has 22 heavy (non-hydrogen) atoms. The predicted molar refractivity (Wildman–Crippen MR) is 81.6 cm³/mol. The lowest BCUT2D eigenvalue weighted by atomic mass is 10.0. The van der Waals surface area contributed by atoms with Crippen LogP contribution in [0.25, 0.3) is 0 Å². The summed E-state index contributed by atoms with van der Waals surface area (Å²) < 4.78 is 1.61. The molecule has 1 atom stereocenters. The number of carbonyl (C=O) groups excluding carboxylic acids is 2. The van der Waals surface area contributed by atoms with E-state index < -0.39 is 5.92 Å². The van der Waals surface area contributed by atoms with Crippen LogP contribution in [0.15, 0.2) is 24.3 Å². The maximum Gasteiger partial charge on any atom is 0.232 e. The summed E-state index contributed by atoms with van der Waals surface area (Å²) in [6.45, 7) is 2.09. The van der Waals surface area contributed by atoms with E-state index in [2.05, 4.69) is 20.7 Å². The van der Waals surface area contributed by atoms with Gasteiger partial charge in [0.1, 0.15) is 5.82 Å². The first-order chi connectivity index (χ1) is 10.5. The number of hydrogen-bond donors (Lipinski definition) is 2. The Balaban J connectivity index is 1.64. The van der Waals surface area contributed by atoms with Gasteiger partial charge in [0, 0.05) is 17.1 Å². The Morgan fingerprint density at radius 1 is 1.45 bits per heavy atom. The second-order valence-corrected chi connectivity index (χ2v) is 5.55. The van der Waals surface area contributed by atoms with Gasteiger partial charge in [0.25, 0.3) is 0 Å². The number of benzene rings is 1. The number of anilines is 2. The number of aromatic nitrogens is 3. The molecule has 2 heterocycles. The number of nitrogens with zero attached hydrogens (tertiary/aromatic N) is 3. The monoisotopic (exact) mass is 319 g/mol. The highest BCUT2D eigenvalue weighted by Crippen LogP contribution is 2.20. The second-order valence-electron chi connectivity index (χ2n) is 5.11. The van der Waals surface area contributed by atoms with Crippen molar-refractivity contribution in [3.05, 3.63) is 35.1 Å². The van der Waals surface area contributed by atoms with E-state index in [0.717, 1.165) is 0 Å². The molecular weight excluding hydrogens is 306 g/mol. The van der Waals surface area contributed by atoms with Crippen LogP contribution < -0.4 is 10.6 Å². The fourth-order valence-electron chi connectivity index (χ4n) is 2.31. The summed E-state index contributed by atoms with van der Waals surface area (Å²) in [5.74, 6) is 0.0910. The fraction of sp³-hybridized carbons (Fsp3) is 0.286.